The maximum absolute atomic E-state index is 11.9. The minimum Gasteiger partial charge on any atom is -0.341 e. The number of rotatable bonds is 6. The first-order valence-corrected chi connectivity index (χ1v) is 8.31. The van der Waals surface area contributed by atoms with Crippen LogP contribution in [0, 0.1) is 5.92 Å². The van der Waals surface area contributed by atoms with Crippen molar-refractivity contribution in [1.29, 1.82) is 0 Å². The predicted octanol–water partition coefficient (Wildman–Crippen LogP) is 0.268. The van der Waals surface area contributed by atoms with Crippen molar-refractivity contribution in [2.75, 3.05) is 31.6 Å². The number of nitrogens with one attached hydrogen (secondary N) is 1. The maximum atomic E-state index is 11.9. The maximum Gasteiger partial charge on any atom is 0.236 e. The fourth-order valence-corrected chi connectivity index (χ4v) is 3.77. The Kier molecular flexibility index (Phi) is 5.59. The molecule has 1 aliphatic heterocycles. The van der Waals surface area contributed by atoms with E-state index < -0.39 is 9.84 Å². The van der Waals surface area contributed by atoms with Gasteiger partial charge in [-0.25, -0.2) is 8.42 Å². The number of likely N-dealkylation sites (N-methyl/N-ethyl adjacent to an activating group) is 1. The third-order valence-corrected chi connectivity index (χ3v) is 5.07. The Labute approximate surface area is 110 Å². The Hall–Kier alpha value is -0.620. The van der Waals surface area contributed by atoms with E-state index in [1.165, 1.54) is 0 Å². The van der Waals surface area contributed by atoms with E-state index in [0.717, 1.165) is 13.0 Å². The standard InChI is InChI=1S/C12H24N2O3S/c1-10(2)4-6-13-8-12(15)14(3)11-5-7-18(16,17)9-11/h10-11,13H,4-9H2,1-3H3. The summed E-state index contributed by atoms with van der Waals surface area (Å²) in [6.07, 6.45) is 1.60. The van der Waals surface area contributed by atoms with Gasteiger partial charge in [-0.3, -0.25) is 4.79 Å². The highest BCUT2D eigenvalue weighted by Gasteiger charge is 2.32. The van der Waals surface area contributed by atoms with Gasteiger partial charge in [-0.2, -0.15) is 0 Å². The number of sulfone groups is 1. The van der Waals surface area contributed by atoms with Crippen LogP contribution in [-0.2, 0) is 14.6 Å². The van der Waals surface area contributed by atoms with E-state index >= 15 is 0 Å². The van der Waals surface area contributed by atoms with E-state index in [-0.39, 0.29) is 23.5 Å². The van der Waals surface area contributed by atoms with Crippen LogP contribution in [0.1, 0.15) is 26.7 Å². The van der Waals surface area contributed by atoms with Gasteiger partial charge in [-0.15, -0.1) is 0 Å². The summed E-state index contributed by atoms with van der Waals surface area (Å²) in [7, 11) is -1.23. The molecule has 1 unspecified atom stereocenters. The summed E-state index contributed by atoms with van der Waals surface area (Å²) in [6.45, 7) is 5.39. The molecule has 106 valence electrons. The van der Waals surface area contributed by atoms with Crippen LogP contribution in [0.4, 0.5) is 0 Å². The minimum atomic E-state index is -2.92. The van der Waals surface area contributed by atoms with Gasteiger partial charge in [0.05, 0.1) is 18.1 Å². The molecule has 5 nitrogen and oxygen atoms in total. The summed E-state index contributed by atoms with van der Waals surface area (Å²) in [5.41, 5.74) is 0. The van der Waals surface area contributed by atoms with Gasteiger partial charge >= 0.3 is 0 Å². The topological polar surface area (TPSA) is 66.5 Å². The van der Waals surface area contributed by atoms with Crippen LogP contribution in [0.3, 0.4) is 0 Å². The van der Waals surface area contributed by atoms with Crippen molar-refractivity contribution in [3.8, 4) is 0 Å². The first-order valence-electron chi connectivity index (χ1n) is 6.48. The van der Waals surface area contributed by atoms with Gasteiger partial charge in [0.2, 0.25) is 5.91 Å². The monoisotopic (exact) mass is 276 g/mol. The molecule has 1 heterocycles. The van der Waals surface area contributed by atoms with E-state index in [9.17, 15) is 13.2 Å². The second-order valence-corrected chi connectivity index (χ2v) is 7.65. The zero-order chi connectivity index (χ0) is 13.8. The summed E-state index contributed by atoms with van der Waals surface area (Å²) >= 11 is 0. The van der Waals surface area contributed by atoms with Crippen LogP contribution in [0.25, 0.3) is 0 Å². The highest BCUT2D eigenvalue weighted by molar-refractivity contribution is 7.91. The molecule has 1 amide bonds. The van der Waals surface area contributed by atoms with Gasteiger partial charge in [0, 0.05) is 13.1 Å². The highest BCUT2D eigenvalue weighted by Crippen LogP contribution is 2.16. The molecule has 18 heavy (non-hydrogen) atoms. The molecule has 0 aromatic carbocycles. The third-order valence-electron chi connectivity index (χ3n) is 3.32. The van der Waals surface area contributed by atoms with Crippen molar-refractivity contribution < 1.29 is 13.2 Å². The van der Waals surface area contributed by atoms with Gasteiger partial charge in [0.15, 0.2) is 9.84 Å². The van der Waals surface area contributed by atoms with Gasteiger partial charge in [-0.05, 0) is 25.3 Å². The summed E-state index contributed by atoms with van der Waals surface area (Å²) in [5.74, 6) is 0.906. The lowest BCUT2D eigenvalue weighted by Crippen LogP contribution is -2.42. The van der Waals surface area contributed by atoms with Crippen LogP contribution < -0.4 is 5.32 Å². The van der Waals surface area contributed by atoms with Crippen LogP contribution in [0.2, 0.25) is 0 Å². The van der Waals surface area contributed by atoms with E-state index in [1.54, 1.807) is 11.9 Å². The average Bonchev–Trinajstić information content (AvgIpc) is 2.63. The number of amides is 1. The Bertz CT molecular complexity index is 379. The summed E-state index contributed by atoms with van der Waals surface area (Å²) in [4.78, 5) is 13.4. The van der Waals surface area contributed by atoms with Crippen LogP contribution >= 0.6 is 0 Å². The second-order valence-electron chi connectivity index (χ2n) is 5.42. The van der Waals surface area contributed by atoms with Gasteiger partial charge in [0.25, 0.3) is 0 Å². The fourth-order valence-electron chi connectivity index (χ4n) is 2.00. The molecule has 0 bridgehead atoms. The van der Waals surface area contributed by atoms with Crippen molar-refractivity contribution in [3.63, 3.8) is 0 Å². The first-order chi connectivity index (χ1) is 8.32. The molecule has 0 aliphatic carbocycles. The summed E-state index contributed by atoms with van der Waals surface area (Å²) < 4.78 is 22.7. The molecule has 0 aromatic heterocycles. The zero-order valence-electron chi connectivity index (χ0n) is 11.5. The zero-order valence-corrected chi connectivity index (χ0v) is 12.3. The lowest BCUT2D eigenvalue weighted by Gasteiger charge is -2.23. The molecule has 0 spiro atoms. The van der Waals surface area contributed by atoms with Gasteiger partial charge in [0.1, 0.15) is 0 Å². The number of carbonyl (C=O) groups excluding carboxylic acids is 1. The van der Waals surface area contributed by atoms with Crippen LogP contribution in [0.5, 0.6) is 0 Å². The lowest BCUT2D eigenvalue weighted by molar-refractivity contribution is -0.130. The first kappa shape index (κ1) is 15.4. The van der Waals surface area contributed by atoms with Crippen molar-refractivity contribution >= 4 is 15.7 Å². The number of nitrogens with zero attached hydrogens (tertiary/aromatic N) is 1. The number of carbonyl (C=O) groups is 1. The van der Waals surface area contributed by atoms with E-state index in [0.29, 0.717) is 18.9 Å². The molecule has 0 saturated carbocycles. The number of hydrogen-bond donors (Lipinski definition) is 1. The minimum absolute atomic E-state index is 0.0270. The molecule has 1 N–H and O–H groups in total. The average molecular weight is 276 g/mol. The molecule has 1 saturated heterocycles. The Morgan fingerprint density at radius 1 is 1.44 bits per heavy atom. The van der Waals surface area contributed by atoms with Gasteiger partial charge < -0.3 is 10.2 Å². The molecule has 0 aromatic rings. The van der Waals surface area contributed by atoms with E-state index in [4.69, 9.17) is 0 Å². The van der Waals surface area contributed by atoms with Crippen molar-refractivity contribution in [1.82, 2.24) is 10.2 Å². The summed E-state index contributed by atoms with van der Waals surface area (Å²) in [6, 6.07) is -0.144. The molecule has 6 heteroatoms. The second kappa shape index (κ2) is 6.52. The van der Waals surface area contributed by atoms with Crippen LogP contribution in [0.15, 0.2) is 0 Å². The Morgan fingerprint density at radius 3 is 2.61 bits per heavy atom. The van der Waals surface area contributed by atoms with Crippen molar-refractivity contribution in [2.24, 2.45) is 5.92 Å². The predicted molar refractivity (Wildman–Crippen MR) is 72.2 cm³/mol. The smallest absolute Gasteiger partial charge is 0.236 e. The van der Waals surface area contributed by atoms with E-state index in [2.05, 4.69) is 19.2 Å². The largest absolute Gasteiger partial charge is 0.341 e. The molecule has 0 radical (unpaired) electrons. The molecule has 1 rings (SSSR count). The third kappa shape index (κ3) is 4.94. The molecular formula is C12H24N2O3S. The quantitative estimate of drug-likeness (QED) is 0.707. The molecular weight excluding hydrogens is 252 g/mol. The molecule has 1 aliphatic rings. The Morgan fingerprint density at radius 2 is 2.11 bits per heavy atom. The molecule has 1 atom stereocenters. The lowest BCUT2D eigenvalue weighted by atomic mass is 10.1. The van der Waals surface area contributed by atoms with Gasteiger partial charge in [-0.1, -0.05) is 13.8 Å². The molecule has 1 fully saturated rings. The Balaban J connectivity index is 2.29. The number of hydrogen-bond acceptors (Lipinski definition) is 4. The van der Waals surface area contributed by atoms with Crippen LogP contribution in [-0.4, -0.2) is 56.9 Å². The highest BCUT2D eigenvalue weighted by atomic mass is 32.2. The summed E-state index contributed by atoms with van der Waals surface area (Å²) in [5, 5.41) is 3.10. The fraction of sp³-hybridized carbons (Fsp3) is 0.917. The van der Waals surface area contributed by atoms with E-state index in [1.807, 2.05) is 0 Å². The SMILES string of the molecule is CC(C)CCNCC(=O)N(C)C1CCS(=O)(=O)C1. The van der Waals surface area contributed by atoms with Crippen molar-refractivity contribution in [3.05, 3.63) is 0 Å². The normalized spacial score (nSPS) is 22.3. The van der Waals surface area contributed by atoms with Crippen molar-refractivity contribution in [2.45, 2.75) is 32.7 Å².